The first kappa shape index (κ1) is 16.0. The summed E-state index contributed by atoms with van der Waals surface area (Å²) in [6.07, 6.45) is 7.25. The van der Waals surface area contributed by atoms with Gasteiger partial charge < -0.3 is 14.8 Å². The molecule has 0 spiro atoms. The zero-order valence-corrected chi connectivity index (χ0v) is 14.5. The Bertz CT molecular complexity index is 1320. The van der Waals surface area contributed by atoms with E-state index in [1.165, 1.54) is 0 Å². The minimum atomic E-state index is -0.962. The van der Waals surface area contributed by atoms with Crippen LogP contribution in [-0.2, 0) is 0 Å². The molecule has 0 fully saturated rings. The highest BCUT2D eigenvalue weighted by Crippen LogP contribution is 2.26. The topological polar surface area (TPSA) is 108 Å². The lowest BCUT2D eigenvalue weighted by Gasteiger charge is -2.10. The molecule has 0 saturated carbocycles. The third kappa shape index (κ3) is 2.73. The summed E-state index contributed by atoms with van der Waals surface area (Å²) in [6, 6.07) is 12.5. The number of carboxylic acid groups (broad SMARTS) is 1. The highest BCUT2D eigenvalue weighted by molar-refractivity contribution is 5.88. The lowest BCUT2D eigenvalue weighted by atomic mass is 10.1. The van der Waals surface area contributed by atoms with E-state index in [1.54, 1.807) is 36.7 Å². The molecular weight excluding hydrogens is 356 g/mol. The van der Waals surface area contributed by atoms with Gasteiger partial charge in [0.15, 0.2) is 11.5 Å². The van der Waals surface area contributed by atoms with E-state index in [-0.39, 0.29) is 5.56 Å². The summed E-state index contributed by atoms with van der Waals surface area (Å²) in [5.41, 5.74) is 4.27. The lowest BCUT2D eigenvalue weighted by Crippen LogP contribution is -2.01. The number of rotatable bonds is 4. The molecule has 0 aliphatic rings. The number of aromatic nitrogens is 5. The Hall–Kier alpha value is -4.20. The molecule has 5 aromatic rings. The normalized spacial score (nSPS) is 11.1. The molecule has 0 unspecified atom stereocenters. The van der Waals surface area contributed by atoms with Crippen LogP contribution in [0.5, 0.6) is 0 Å². The van der Waals surface area contributed by atoms with Gasteiger partial charge in [-0.15, -0.1) is 0 Å². The van der Waals surface area contributed by atoms with E-state index < -0.39 is 5.97 Å². The molecule has 0 saturated heterocycles. The predicted molar refractivity (Wildman–Crippen MR) is 105 cm³/mol. The Balaban J connectivity index is 1.58. The third-order valence-electron chi connectivity index (χ3n) is 4.51. The fraction of sp³-hybridized carbons (Fsp3) is 0. The number of anilines is 2. The van der Waals surface area contributed by atoms with Crippen molar-refractivity contribution < 1.29 is 9.90 Å². The number of imidazole rings is 1. The van der Waals surface area contributed by atoms with E-state index in [2.05, 4.69) is 20.5 Å². The maximum Gasteiger partial charge on any atom is 0.335 e. The molecule has 3 N–H and O–H groups in total. The number of nitrogens with one attached hydrogen (secondary N) is 2. The minimum Gasteiger partial charge on any atom is -0.478 e. The highest BCUT2D eigenvalue weighted by atomic mass is 16.4. The minimum absolute atomic E-state index is 0.228. The van der Waals surface area contributed by atoms with Crippen molar-refractivity contribution in [1.29, 1.82) is 0 Å². The van der Waals surface area contributed by atoms with Gasteiger partial charge in [-0.3, -0.25) is 5.10 Å². The molecule has 8 heteroatoms. The van der Waals surface area contributed by atoms with Crippen LogP contribution in [0.3, 0.4) is 0 Å². The number of nitrogens with zero attached hydrogens (tertiary/aromatic N) is 4. The van der Waals surface area contributed by atoms with Gasteiger partial charge in [-0.05, 0) is 30.3 Å². The summed E-state index contributed by atoms with van der Waals surface area (Å²) in [7, 11) is 0. The zero-order chi connectivity index (χ0) is 19.1. The van der Waals surface area contributed by atoms with E-state index in [4.69, 9.17) is 10.1 Å². The summed E-state index contributed by atoms with van der Waals surface area (Å²) in [6.45, 7) is 0. The average molecular weight is 370 g/mol. The predicted octanol–water partition coefficient (Wildman–Crippen LogP) is 3.71. The molecule has 0 atom stereocenters. The van der Waals surface area contributed by atoms with Gasteiger partial charge in [-0.25, -0.2) is 14.8 Å². The van der Waals surface area contributed by atoms with E-state index in [9.17, 15) is 4.79 Å². The van der Waals surface area contributed by atoms with Crippen LogP contribution in [0.2, 0.25) is 0 Å². The third-order valence-corrected chi connectivity index (χ3v) is 4.51. The van der Waals surface area contributed by atoms with Gasteiger partial charge in [0.25, 0.3) is 0 Å². The van der Waals surface area contributed by atoms with Crippen LogP contribution in [0.1, 0.15) is 10.4 Å². The molecule has 0 aliphatic carbocycles. The highest BCUT2D eigenvalue weighted by Gasteiger charge is 2.11. The Morgan fingerprint density at radius 2 is 2.00 bits per heavy atom. The van der Waals surface area contributed by atoms with Crippen molar-refractivity contribution in [2.24, 2.45) is 0 Å². The summed E-state index contributed by atoms with van der Waals surface area (Å²) in [5, 5.41) is 20.3. The quantitative estimate of drug-likeness (QED) is 0.445. The first-order chi connectivity index (χ1) is 13.7. The summed E-state index contributed by atoms with van der Waals surface area (Å²) in [4.78, 5) is 20.1. The van der Waals surface area contributed by atoms with E-state index >= 15 is 0 Å². The standard InChI is InChI=1S/C20H14N6O2/c27-20(28)12-3-5-15(6-4-12)23-18-19-21-7-8-26(19)11-17(24-18)13-1-2-14-10-22-25-16(14)9-13/h1-11H,(H,22,25)(H,23,24)(H,27,28). The van der Waals surface area contributed by atoms with Crippen molar-refractivity contribution in [3.63, 3.8) is 0 Å². The number of carbonyl (C=O) groups is 1. The fourth-order valence-electron chi connectivity index (χ4n) is 3.08. The van der Waals surface area contributed by atoms with Crippen LogP contribution in [0.4, 0.5) is 11.5 Å². The van der Waals surface area contributed by atoms with Gasteiger partial charge in [0, 0.05) is 35.2 Å². The summed E-state index contributed by atoms with van der Waals surface area (Å²) < 4.78 is 1.90. The molecular formula is C20H14N6O2. The monoisotopic (exact) mass is 370 g/mol. The number of hydrogen-bond donors (Lipinski definition) is 3. The Morgan fingerprint density at radius 3 is 2.82 bits per heavy atom. The van der Waals surface area contributed by atoms with Crippen molar-refractivity contribution in [2.45, 2.75) is 0 Å². The molecule has 5 rings (SSSR count). The van der Waals surface area contributed by atoms with Crippen molar-refractivity contribution in [3.05, 3.63) is 72.8 Å². The Labute approximate surface area is 158 Å². The molecule has 3 aromatic heterocycles. The number of aromatic amines is 1. The smallest absolute Gasteiger partial charge is 0.335 e. The van der Waals surface area contributed by atoms with Crippen LogP contribution in [-0.4, -0.2) is 35.6 Å². The van der Waals surface area contributed by atoms with Crippen LogP contribution in [0, 0.1) is 0 Å². The van der Waals surface area contributed by atoms with Gasteiger partial charge in [-0.2, -0.15) is 5.10 Å². The first-order valence-electron chi connectivity index (χ1n) is 8.55. The molecule has 28 heavy (non-hydrogen) atoms. The zero-order valence-electron chi connectivity index (χ0n) is 14.5. The van der Waals surface area contributed by atoms with Gasteiger partial charge >= 0.3 is 5.97 Å². The number of aromatic carboxylic acids is 1. The molecule has 8 nitrogen and oxygen atoms in total. The molecule has 0 amide bonds. The van der Waals surface area contributed by atoms with Crippen LogP contribution in [0.25, 0.3) is 27.8 Å². The maximum atomic E-state index is 11.0. The van der Waals surface area contributed by atoms with Gasteiger partial charge in [0.1, 0.15) is 0 Å². The summed E-state index contributed by atoms with van der Waals surface area (Å²) >= 11 is 0. The van der Waals surface area contributed by atoms with Gasteiger partial charge in [-0.1, -0.05) is 12.1 Å². The van der Waals surface area contributed by atoms with Crippen LogP contribution < -0.4 is 5.32 Å². The Morgan fingerprint density at radius 1 is 1.14 bits per heavy atom. The van der Waals surface area contributed by atoms with Crippen LogP contribution in [0.15, 0.2) is 67.3 Å². The molecule has 0 bridgehead atoms. The second-order valence-corrected chi connectivity index (χ2v) is 6.31. The van der Waals surface area contributed by atoms with Crippen molar-refractivity contribution in [2.75, 3.05) is 5.32 Å². The number of carboxylic acids is 1. The molecule has 3 heterocycles. The van der Waals surface area contributed by atoms with Gasteiger partial charge in [0.2, 0.25) is 0 Å². The van der Waals surface area contributed by atoms with E-state index in [0.29, 0.717) is 11.5 Å². The molecule has 0 radical (unpaired) electrons. The number of hydrogen-bond acceptors (Lipinski definition) is 5. The summed E-state index contributed by atoms with van der Waals surface area (Å²) in [5.74, 6) is -0.383. The Kier molecular flexibility index (Phi) is 3.55. The van der Waals surface area contributed by atoms with Gasteiger partial charge in [0.05, 0.1) is 23.0 Å². The van der Waals surface area contributed by atoms with E-state index in [0.717, 1.165) is 27.8 Å². The molecule has 2 aromatic carbocycles. The largest absolute Gasteiger partial charge is 0.478 e. The average Bonchev–Trinajstić information content (AvgIpc) is 3.37. The van der Waals surface area contributed by atoms with Crippen LogP contribution >= 0.6 is 0 Å². The maximum absolute atomic E-state index is 11.0. The number of benzene rings is 2. The fourth-order valence-corrected chi connectivity index (χ4v) is 3.08. The second kappa shape index (κ2) is 6.20. The van der Waals surface area contributed by atoms with Crippen molar-refractivity contribution in [1.82, 2.24) is 24.6 Å². The van der Waals surface area contributed by atoms with E-state index in [1.807, 2.05) is 35.0 Å². The number of H-pyrrole nitrogens is 1. The van der Waals surface area contributed by atoms with Crippen molar-refractivity contribution in [3.8, 4) is 11.3 Å². The second-order valence-electron chi connectivity index (χ2n) is 6.31. The molecule has 136 valence electrons. The molecule has 0 aliphatic heterocycles. The first-order valence-corrected chi connectivity index (χ1v) is 8.55. The lowest BCUT2D eigenvalue weighted by molar-refractivity contribution is 0.0697. The van der Waals surface area contributed by atoms with Crippen molar-refractivity contribution >= 4 is 34.0 Å². The SMILES string of the molecule is O=C(O)c1ccc(Nc2nc(-c3ccc4cn[nH]c4c3)cn3ccnc23)cc1. The number of fused-ring (bicyclic) bond motifs is 2.